The van der Waals surface area contributed by atoms with Crippen molar-refractivity contribution >= 4 is 43.5 Å². The van der Waals surface area contributed by atoms with Gasteiger partial charge in [-0.1, -0.05) is 59.3 Å². The molecule has 0 saturated heterocycles. The minimum Gasteiger partial charge on any atom is -0.495 e. The lowest BCUT2D eigenvalue weighted by Gasteiger charge is -2.32. The van der Waals surface area contributed by atoms with Crippen molar-refractivity contribution in [1.29, 1.82) is 0 Å². The van der Waals surface area contributed by atoms with Crippen molar-refractivity contribution < 1.29 is 22.7 Å². The van der Waals surface area contributed by atoms with Crippen LogP contribution in [0.15, 0.2) is 82.2 Å². The zero-order valence-corrected chi connectivity index (χ0v) is 25.0. The van der Waals surface area contributed by atoms with Gasteiger partial charge in [0.25, 0.3) is 10.0 Å². The highest BCUT2D eigenvalue weighted by atomic mass is 79.9. The minimum atomic E-state index is -4.17. The molecule has 39 heavy (non-hydrogen) atoms. The number of amides is 2. The van der Waals surface area contributed by atoms with Crippen LogP contribution >= 0.6 is 15.9 Å². The van der Waals surface area contributed by atoms with Crippen LogP contribution in [-0.2, 0) is 26.2 Å². The smallest absolute Gasteiger partial charge is 0.264 e. The topological polar surface area (TPSA) is 96.0 Å². The van der Waals surface area contributed by atoms with E-state index in [4.69, 9.17) is 4.74 Å². The van der Waals surface area contributed by atoms with Crippen LogP contribution in [0.1, 0.15) is 31.4 Å². The van der Waals surface area contributed by atoms with Crippen LogP contribution < -0.4 is 14.4 Å². The second-order valence-corrected chi connectivity index (χ2v) is 11.9. The van der Waals surface area contributed by atoms with Crippen molar-refractivity contribution in [3.05, 3.63) is 88.4 Å². The largest absolute Gasteiger partial charge is 0.495 e. The van der Waals surface area contributed by atoms with Gasteiger partial charge in [0.2, 0.25) is 11.8 Å². The maximum atomic E-state index is 14.0. The number of anilines is 1. The number of hydrogen-bond donors (Lipinski definition) is 1. The Morgan fingerprint density at radius 3 is 2.38 bits per heavy atom. The first kappa shape index (κ1) is 30.2. The number of nitrogens with one attached hydrogen (secondary N) is 1. The minimum absolute atomic E-state index is 0.0358. The van der Waals surface area contributed by atoms with E-state index in [1.165, 1.54) is 24.1 Å². The van der Waals surface area contributed by atoms with Crippen LogP contribution in [0.25, 0.3) is 0 Å². The normalized spacial score (nSPS) is 11.9. The molecule has 0 aliphatic carbocycles. The van der Waals surface area contributed by atoms with Crippen LogP contribution in [0, 0.1) is 6.92 Å². The van der Waals surface area contributed by atoms with Gasteiger partial charge in [0, 0.05) is 17.6 Å². The molecule has 3 aromatic carbocycles. The maximum absolute atomic E-state index is 14.0. The van der Waals surface area contributed by atoms with Crippen LogP contribution in [-0.4, -0.2) is 51.4 Å². The third kappa shape index (κ3) is 7.60. The van der Waals surface area contributed by atoms with Crippen molar-refractivity contribution in [2.75, 3.05) is 24.5 Å². The van der Waals surface area contributed by atoms with Crippen molar-refractivity contribution in [1.82, 2.24) is 10.2 Å². The zero-order valence-electron chi connectivity index (χ0n) is 22.6. The number of benzene rings is 3. The summed E-state index contributed by atoms with van der Waals surface area (Å²) in [7, 11) is -2.73. The molecule has 0 aliphatic heterocycles. The van der Waals surface area contributed by atoms with Crippen molar-refractivity contribution in [2.45, 2.75) is 44.7 Å². The molecule has 8 nitrogen and oxygen atoms in total. The molecule has 0 aliphatic rings. The summed E-state index contributed by atoms with van der Waals surface area (Å²) in [6.07, 6.45) is 0.744. The third-order valence-electron chi connectivity index (χ3n) is 6.17. The molecule has 2 amide bonds. The summed E-state index contributed by atoms with van der Waals surface area (Å²) in [5.41, 5.74) is 1.82. The standard InChI is InChI=1S/C29H34BrN3O5S/c1-5-16-31-29(35)22(3)32(19-23-10-9-11-24(30)18-23)28(34)20-33(26-17-21(2)14-15-27(26)38-4)39(36,37)25-12-7-6-8-13-25/h6-15,17-18,22H,5,16,19-20H2,1-4H3,(H,31,35)/t22-/m0/s1. The van der Waals surface area contributed by atoms with Gasteiger partial charge < -0.3 is 15.0 Å². The van der Waals surface area contributed by atoms with Gasteiger partial charge in [-0.25, -0.2) is 8.42 Å². The number of nitrogens with zero attached hydrogens (tertiary/aromatic N) is 2. The number of carbonyl (C=O) groups is 2. The second kappa shape index (κ2) is 13.6. The van der Waals surface area contributed by atoms with E-state index >= 15 is 0 Å². The molecule has 0 heterocycles. The van der Waals surface area contributed by atoms with Gasteiger partial charge >= 0.3 is 0 Å². The third-order valence-corrected chi connectivity index (χ3v) is 8.44. The van der Waals surface area contributed by atoms with Gasteiger partial charge in [-0.05, 0) is 67.8 Å². The molecule has 0 unspecified atom stereocenters. The van der Waals surface area contributed by atoms with Gasteiger partial charge in [0.05, 0.1) is 17.7 Å². The Morgan fingerprint density at radius 2 is 1.74 bits per heavy atom. The quantitative estimate of drug-likeness (QED) is 0.312. The molecule has 3 rings (SSSR count). The number of rotatable bonds is 12. The van der Waals surface area contributed by atoms with E-state index in [0.29, 0.717) is 12.3 Å². The van der Waals surface area contributed by atoms with E-state index in [2.05, 4.69) is 21.2 Å². The Bertz CT molecular complexity index is 1400. The summed E-state index contributed by atoms with van der Waals surface area (Å²) in [6.45, 7) is 5.47. The van der Waals surface area contributed by atoms with E-state index < -0.39 is 28.5 Å². The van der Waals surface area contributed by atoms with Crippen LogP contribution in [0.2, 0.25) is 0 Å². The molecule has 0 fully saturated rings. The van der Waals surface area contributed by atoms with E-state index in [1.54, 1.807) is 43.3 Å². The lowest BCUT2D eigenvalue weighted by atomic mass is 10.1. The van der Waals surface area contributed by atoms with E-state index in [0.717, 1.165) is 26.3 Å². The fourth-order valence-corrected chi connectivity index (χ4v) is 5.92. The molecular formula is C29H34BrN3O5S. The van der Waals surface area contributed by atoms with Crippen LogP contribution in [0.5, 0.6) is 5.75 Å². The first-order valence-electron chi connectivity index (χ1n) is 12.6. The Morgan fingerprint density at radius 1 is 1.03 bits per heavy atom. The highest BCUT2D eigenvalue weighted by molar-refractivity contribution is 9.10. The Hall–Kier alpha value is -3.37. The summed E-state index contributed by atoms with van der Waals surface area (Å²) in [6, 6.07) is 19.6. The fourth-order valence-electron chi connectivity index (χ4n) is 4.04. The van der Waals surface area contributed by atoms with E-state index in [9.17, 15) is 18.0 Å². The molecule has 0 bridgehead atoms. The molecule has 0 spiro atoms. The van der Waals surface area contributed by atoms with Crippen molar-refractivity contribution in [2.24, 2.45) is 0 Å². The number of sulfonamides is 1. The van der Waals surface area contributed by atoms with Gasteiger partial charge in [0.15, 0.2) is 0 Å². The lowest BCUT2D eigenvalue weighted by Crippen LogP contribution is -2.51. The number of hydrogen-bond acceptors (Lipinski definition) is 5. The predicted molar refractivity (Wildman–Crippen MR) is 156 cm³/mol. The second-order valence-electron chi connectivity index (χ2n) is 9.12. The molecule has 0 radical (unpaired) electrons. The van der Waals surface area contributed by atoms with Gasteiger partial charge in [0.1, 0.15) is 18.3 Å². The predicted octanol–water partition coefficient (Wildman–Crippen LogP) is 4.90. The van der Waals surface area contributed by atoms with Gasteiger partial charge in [-0.3, -0.25) is 13.9 Å². The highest BCUT2D eigenvalue weighted by Crippen LogP contribution is 2.33. The van der Waals surface area contributed by atoms with Gasteiger partial charge in [-0.2, -0.15) is 0 Å². The molecule has 1 atom stereocenters. The summed E-state index contributed by atoms with van der Waals surface area (Å²) >= 11 is 3.45. The summed E-state index contributed by atoms with van der Waals surface area (Å²) in [5.74, 6) is -0.539. The summed E-state index contributed by atoms with van der Waals surface area (Å²) in [5, 5.41) is 2.84. The lowest BCUT2D eigenvalue weighted by molar-refractivity contribution is -0.139. The van der Waals surface area contributed by atoms with Gasteiger partial charge in [-0.15, -0.1) is 0 Å². The van der Waals surface area contributed by atoms with Crippen LogP contribution in [0.4, 0.5) is 5.69 Å². The molecular weight excluding hydrogens is 582 g/mol. The average molecular weight is 617 g/mol. The first-order valence-corrected chi connectivity index (χ1v) is 14.9. The number of aryl methyl sites for hydroxylation is 1. The molecule has 1 N–H and O–H groups in total. The first-order chi connectivity index (χ1) is 18.6. The Kier molecular flexibility index (Phi) is 10.5. The highest BCUT2D eigenvalue weighted by Gasteiger charge is 2.33. The molecule has 208 valence electrons. The molecule has 10 heteroatoms. The van der Waals surface area contributed by atoms with Crippen molar-refractivity contribution in [3.8, 4) is 5.75 Å². The van der Waals surface area contributed by atoms with Crippen molar-refractivity contribution in [3.63, 3.8) is 0 Å². The maximum Gasteiger partial charge on any atom is 0.264 e. The average Bonchev–Trinajstić information content (AvgIpc) is 2.93. The molecule has 3 aromatic rings. The Balaban J connectivity index is 2.08. The molecule has 0 saturated carbocycles. The summed E-state index contributed by atoms with van der Waals surface area (Å²) in [4.78, 5) is 28.4. The summed E-state index contributed by atoms with van der Waals surface area (Å²) < 4.78 is 35.2. The SMILES string of the molecule is CCCNC(=O)[C@H](C)N(Cc1cccc(Br)c1)C(=O)CN(c1cc(C)ccc1OC)S(=O)(=O)c1ccccc1. The number of halogens is 1. The van der Waals surface area contributed by atoms with Crippen LogP contribution in [0.3, 0.4) is 0 Å². The monoisotopic (exact) mass is 615 g/mol. The molecule has 0 aromatic heterocycles. The zero-order chi connectivity index (χ0) is 28.6. The fraction of sp³-hybridized carbons (Fsp3) is 0.310. The van der Waals surface area contributed by atoms with E-state index in [-0.39, 0.29) is 23.0 Å². The van der Waals surface area contributed by atoms with E-state index in [1.807, 2.05) is 38.1 Å². The number of ether oxygens (including phenoxy) is 1. The number of carbonyl (C=O) groups excluding carboxylic acids is 2. The Labute approximate surface area is 239 Å². The number of methoxy groups -OCH3 is 1.